The van der Waals surface area contributed by atoms with Gasteiger partial charge in [0.15, 0.2) is 11.5 Å². The molecule has 40 heavy (non-hydrogen) atoms. The Kier molecular flexibility index (Phi) is 23.0. The van der Waals surface area contributed by atoms with E-state index >= 15 is 0 Å². The first kappa shape index (κ1) is 35.8. The van der Waals surface area contributed by atoms with Crippen molar-refractivity contribution in [3.63, 3.8) is 0 Å². The molecular formula is C26H47N3O11. The van der Waals surface area contributed by atoms with Gasteiger partial charge in [-0.3, -0.25) is 0 Å². The Hall–Kier alpha value is -2.27. The van der Waals surface area contributed by atoms with Crippen LogP contribution in [0.15, 0.2) is 12.1 Å². The number of ether oxygens (including phenoxy) is 10. The van der Waals surface area contributed by atoms with Crippen molar-refractivity contribution in [3.05, 3.63) is 17.7 Å². The molecule has 1 aromatic carbocycles. The van der Waals surface area contributed by atoms with E-state index in [9.17, 15) is 4.79 Å². The molecule has 0 saturated carbocycles. The molecule has 0 unspecified atom stereocenters. The van der Waals surface area contributed by atoms with Gasteiger partial charge in [0, 0.05) is 19.6 Å². The number of nitrogens with two attached hydrogens (primary N) is 3. The number of rotatable bonds is 28. The van der Waals surface area contributed by atoms with E-state index in [-0.39, 0.29) is 38.6 Å². The number of hydrogen-bond acceptors (Lipinski definition) is 14. The minimum atomic E-state index is -0.552. The maximum Gasteiger partial charge on any atom is 0.338 e. The standard InChI is InChI=1S/C26H47N3O11/c1-31-26(30)22-20-23(38-17-14-35-11-8-32-5-2-27)25(40-19-16-37-13-10-34-7-4-29)24(21-22)39-18-15-36-12-9-33-6-3-28/h20-21H,2-19,27-29H2,1H3. The number of esters is 1. The molecule has 0 heterocycles. The van der Waals surface area contributed by atoms with E-state index in [1.807, 2.05) is 0 Å². The first-order chi connectivity index (χ1) is 19.7. The monoisotopic (exact) mass is 577 g/mol. The van der Waals surface area contributed by atoms with Crippen LogP contribution in [-0.2, 0) is 33.2 Å². The second-order valence-corrected chi connectivity index (χ2v) is 7.88. The first-order valence-electron chi connectivity index (χ1n) is 13.4. The predicted molar refractivity (Wildman–Crippen MR) is 146 cm³/mol. The quantitative estimate of drug-likeness (QED) is 0.0861. The van der Waals surface area contributed by atoms with Crippen LogP contribution < -0.4 is 31.4 Å². The zero-order valence-electron chi connectivity index (χ0n) is 23.6. The van der Waals surface area contributed by atoms with Gasteiger partial charge in [-0.1, -0.05) is 0 Å². The van der Waals surface area contributed by atoms with Gasteiger partial charge in [0.05, 0.1) is 92.0 Å². The Morgan fingerprint density at radius 1 is 0.525 bits per heavy atom. The predicted octanol–water partition coefficient (Wildman–Crippen LogP) is -0.415. The van der Waals surface area contributed by atoms with E-state index in [1.165, 1.54) is 19.2 Å². The lowest BCUT2D eigenvalue weighted by molar-refractivity contribution is 0.0330. The molecule has 0 aliphatic rings. The number of carbonyl (C=O) groups excluding carboxylic acids is 1. The summed E-state index contributed by atoms with van der Waals surface area (Å²) >= 11 is 0. The fourth-order valence-electron chi connectivity index (χ4n) is 3.01. The molecule has 0 aromatic heterocycles. The third-order valence-corrected chi connectivity index (χ3v) is 4.79. The van der Waals surface area contributed by atoms with E-state index < -0.39 is 5.97 Å². The van der Waals surface area contributed by atoms with Crippen LogP contribution in [0.2, 0.25) is 0 Å². The Labute approximate surface area is 236 Å². The van der Waals surface area contributed by atoms with Crippen LogP contribution in [0.3, 0.4) is 0 Å². The minimum absolute atomic E-state index is 0.193. The molecule has 14 nitrogen and oxygen atoms in total. The zero-order chi connectivity index (χ0) is 29.1. The molecule has 0 fully saturated rings. The van der Waals surface area contributed by atoms with Crippen LogP contribution >= 0.6 is 0 Å². The lowest BCUT2D eigenvalue weighted by Crippen LogP contribution is -2.16. The van der Waals surface area contributed by atoms with Crippen LogP contribution in [-0.4, -0.2) is 132 Å². The average molecular weight is 578 g/mol. The van der Waals surface area contributed by atoms with E-state index in [1.54, 1.807) is 0 Å². The summed E-state index contributed by atoms with van der Waals surface area (Å²) in [6, 6.07) is 3.07. The summed E-state index contributed by atoms with van der Waals surface area (Å²) in [6.07, 6.45) is 0. The van der Waals surface area contributed by atoms with Crippen molar-refractivity contribution in [2.75, 3.05) is 126 Å². The highest BCUT2D eigenvalue weighted by molar-refractivity contribution is 5.91. The molecule has 0 radical (unpaired) electrons. The highest BCUT2D eigenvalue weighted by atomic mass is 16.6. The topological polar surface area (TPSA) is 187 Å². The third kappa shape index (κ3) is 17.4. The highest BCUT2D eigenvalue weighted by Gasteiger charge is 2.19. The molecular weight excluding hydrogens is 530 g/mol. The van der Waals surface area contributed by atoms with Gasteiger partial charge >= 0.3 is 5.97 Å². The van der Waals surface area contributed by atoms with E-state index in [0.29, 0.717) is 103 Å². The Morgan fingerprint density at radius 3 is 1.20 bits per heavy atom. The van der Waals surface area contributed by atoms with E-state index in [4.69, 9.17) is 64.6 Å². The lowest BCUT2D eigenvalue weighted by atomic mass is 10.2. The van der Waals surface area contributed by atoms with Gasteiger partial charge in [0.2, 0.25) is 5.75 Å². The van der Waals surface area contributed by atoms with Crippen molar-refractivity contribution >= 4 is 5.97 Å². The van der Waals surface area contributed by atoms with Gasteiger partial charge in [0.25, 0.3) is 0 Å². The third-order valence-electron chi connectivity index (χ3n) is 4.79. The maximum absolute atomic E-state index is 12.3. The number of methoxy groups -OCH3 is 1. The van der Waals surface area contributed by atoms with Crippen LogP contribution in [0.1, 0.15) is 10.4 Å². The molecule has 0 aliphatic carbocycles. The summed E-state index contributed by atoms with van der Waals surface area (Å²) in [5, 5.41) is 0. The van der Waals surface area contributed by atoms with Crippen molar-refractivity contribution in [2.24, 2.45) is 17.2 Å². The largest absolute Gasteiger partial charge is 0.487 e. The molecule has 0 bridgehead atoms. The molecule has 0 saturated heterocycles. The second-order valence-electron chi connectivity index (χ2n) is 7.88. The molecule has 1 rings (SSSR count). The van der Waals surface area contributed by atoms with E-state index in [2.05, 4.69) is 0 Å². The Morgan fingerprint density at radius 2 is 0.850 bits per heavy atom. The second kappa shape index (κ2) is 25.7. The molecule has 0 spiro atoms. The maximum atomic E-state index is 12.3. The molecule has 232 valence electrons. The molecule has 14 heteroatoms. The lowest BCUT2D eigenvalue weighted by Gasteiger charge is -2.18. The van der Waals surface area contributed by atoms with Crippen LogP contribution in [0.5, 0.6) is 17.2 Å². The summed E-state index contributed by atoms with van der Waals surface area (Å²) < 4.78 is 55.1. The normalized spacial score (nSPS) is 11.0. The van der Waals surface area contributed by atoms with Crippen molar-refractivity contribution in [1.82, 2.24) is 0 Å². The van der Waals surface area contributed by atoms with Crippen molar-refractivity contribution in [1.29, 1.82) is 0 Å². The van der Waals surface area contributed by atoms with Crippen LogP contribution in [0.4, 0.5) is 0 Å². The summed E-state index contributed by atoms with van der Waals surface area (Å²) in [7, 11) is 1.30. The van der Waals surface area contributed by atoms with E-state index in [0.717, 1.165) is 0 Å². The van der Waals surface area contributed by atoms with Crippen LogP contribution in [0, 0.1) is 0 Å². The number of benzene rings is 1. The smallest absolute Gasteiger partial charge is 0.338 e. The summed E-state index contributed by atoms with van der Waals surface area (Å²) in [5.74, 6) is 0.350. The van der Waals surface area contributed by atoms with Crippen molar-refractivity contribution in [2.45, 2.75) is 0 Å². The molecule has 6 N–H and O–H groups in total. The van der Waals surface area contributed by atoms with Gasteiger partial charge in [-0.15, -0.1) is 0 Å². The van der Waals surface area contributed by atoms with Gasteiger partial charge in [-0.05, 0) is 12.1 Å². The van der Waals surface area contributed by atoms with Gasteiger partial charge in [0.1, 0.15) is 19.8 Å². The van der Waals surface area contributed by atoms with Gasteiger partial charge in [-0.25, -0.2) is 4.79 Å². The number of hydrogen-bond donors (Lipinski definition) is 3. The van der Waals surface area contributed by atoms with Crippen LogP contribution in [0.25, 0.3) is 0 Å². The minimum Gasteiger partial charge on any atom is -0.487 e. The molecule has 1 aromatic rings. The van der Waals surface area contributed by atoms with Gasteiger partial charge < -0.3 is 64.6 Å². The molecule has 0 aliphatic heterocycles. The fourth-order valence-corrected chi connectivity index (χ4v) is 3.01. The summed E-state index contributed by atoms with van der Waals surface area (Å²) in [4.78, 5) is 12.3. The fraction of sp³-hybridized carbons (Fsp3) is 0.731. The average Bonchev–Trinajstić information content (AvgIpc) is 2.97. The molecule has 0 amide bonds. The highest BCUT2D eigenvalue weighted by Crippen LogP contribution is 2.39. The number of carbonyl (C=O) groups is 1. The zero-order valence-corrected chi connectivity index (χ0v) is 23.6. The van der Waals surface area contributed by atoms with Crippen molar-refractivity contribution < 1.29 is 52.2 Å². The van der Waals surface area contributed by atoms with Crippen molar-refractivity contribution in [3.8, 4) is 17.2 Å². The summed E-state index contributed by atoms with van der Waals surface area (Å²) in [5.41, 5.74) is 16.4. The first-order valence-corrected chi connectivity index (χ1v) is 13.4. The van der Waals surface area contributed by atoms with Gasteiger partial charge in [-0.2, -0.15) is 0 Å². The SMILES string of the molecule is COC(=O)c1cc(OCCOCCOCCN)c(OCCOCCOCCN)c(OCCOCCOCCN)c1. The molecule has 0 atom stereocenters. The summed E-state index contributed by atoms with van der Waals surface area (Å²) in [6.45, 7) is 6.72. The Bertz CT molecular complexity index is 718. The Balaban J connectivity index is 2.80.